The second kappa shape index (κ2) is 4.15. The number of thiocarbonyl (C=S) groups is 1. The number of halogens is 1. The summed E-state index contributed by atoms with van der Waals surface area (Å²) in [6.07, 6.45) is 0. The summed E-state index contributed by atoms with van der Waals surface area (Å²) < 4.78 is 8.54. The lowest BCUT2D eigenvalue weighted by Crippen LogP contribution is -1.98. The van der Waals surface area contributed by atoms with Gasteiger partial charge >= 0.3 is 5.24 Å². The number of ether oxygens (including phenoxy) is 1. The van der Waals surface area contributed by atoms with E-state index < -0.39 is 0 Å². The molecule has 4 heteroatoms. The first kappa shape index (κ1) is 6.98. The fourth-order valence-corrected chi connectivity index (χ4v) is 0.303. The van der Waals surface area contributed by atoms with Gasteiger partial charge in [0.1, 0.15) is 11.9 Å². The maximum absolute atomic E-state index is 4.76. The molecule has 0 aliphatic rings. The van der Waals surface area contributed by atoms with Crippen molar-refractivity contribution in [3.05, 3.63) is 0 Å². The first-order chi connectivity index (χ1) is 3.31. The summed E-state index contributed by atoms with van der Waals surface area (Å²) in [7, 11) is 0. The van der Waals surface area contributed by atoms with Crippen LogP contribution < -0.4 is 0 Å². The van der Waals surface area contributed by atoms with E-state index in [2.05, 4.69) is 21.2 Å². The molecule has 0 amide bonds. The molecule has 0 heterocycles. The Morgan fingerprint density at radius 1 is 1.86 bits per heavy atom. The van der Waals surface area contributed by atoms with Gasteiger partial charge in [-0.15, -0.1) is 0 Å². The van der Waals surface area contributed by atoms with Gasteiger partial charge < -0.3 is 9.03 Å². The molecule has 0 aromatic heterocycles. The summed E-state index contributed by atoms with van der Waals surface area (Å²) in [5, 5.41) is -0.0239. The molecular weight excluding hydrogens is 136 g/mol. The van der Waals surface area contributed by atoms with Gasteiger partial charge in [0, 0.05) is 12.2 Å². The van der Waals surface area contributed by atoms with Gasteiger partial charge in [-0.3, -0.25) is 0 Å². The molecule has 42 valence electrons. The highest BCUT2D eigenvalue weighted by Crippen LogP contribution is 1.86. The SMILES string of the molecule is CCOC(=S)OCl. The van der Waals surface area contributed by atoms with Gasteiger partial charge in [-0.2, -0.15) is 0 Å². The lowest BCUT2D eigenvalue weighted by Gasteiger charge is -1.95. The molecule has 0 radical (unpaired) electrons. The molecule has 0 saturated heterocycles. The van der Waals surface area contributed by atoms with E-state index in [1.54, 1.807) is 6.92 Å². The van der Waals surface area contributed by atoms with Crippen molar-refractivity contribution in [1.29, 1.82) is 0 Å². The third-order valence-corrected chi connectivity index (χ3v) is 0.758. The van der Waals surface area contributed by atoms with Crippen LogP contribution in [0.25, 0.3) is 0 Å². The van der Waals surface area contributed by atoms with Crippen LogP contribution in [0.2, 0.25) is 0 Å². The lowest BCUT2D eigenvalue weighted by molar-refractivity contribution is 0.271. The maximum atomic E-state index is 4.76. The minimum absolute atomic E-state index is 0.0239. The molecule has 2 nitrogen and oxygen atoms in total. The second-order valence-corrected chi connectivity index (χ2v) is 1.25. The number of hydrogen-bond acceptors (Lipinski definition) is 3. The van der Waals surface area contributed by atoms with Crippen LogP contribution in [0.4, 0.5) is 0 Å². The fourth-order valence-electron chi connectivity index (χ4n) is 0.140. The van der Waals surface area contributed by atoms with Crippen molar-refractivity contribution in [3.63, 3.8) is 0 Å². The van der Waals surface area contributed by atoms with Crippen LogP contribution in [0.3, 0.4) is 0 Å². The molecule has 0 unspecified atom stereocenters. The Labute approximate surface area is 52.5 Å². The van der Waals surface area contributed by atoms with Crippen molar-refractivity contribution in [2.24, 2.45) is 0 Å². The molecule has 7 heavy (non-hydrogen) atoms. The smallest absolute Gasteiger partial charge is 0.370 e. The summed E-state index contributed by atoms with van der Waals surface area (Å²) in [5.41, 5.74) is 0. The Kier molecular flexibility index (Phi) is 4.14. The van der Waals surface area contributed by atoms with Crippen molar-refractivity contribution in [2.75, 3.05) is 6.61 Å². The van der Waals surface area contributed by atoms with Gasteiger partial charge in [-0.1, -0.05) is 0 Å². The first-order valence-corrected chi connectivity index (χ1v) is 2.48. The molecule has 0 saturated carbocycles. The highest BCUT2D eigenvalue weighted by Gasteiger charge is 1.89. The molecule has 0 rings (SSSR count). The van der Waals surface area contributed by atoms with Gasteiger partial charge in [-0.05, 0) is 6.92 Å². The predicted molar refractivity (Wildman–Crippen MR) is 31.2 cm³/mol. The Bertz CT molecular complexity index is 66.0. The average molecular weight is 141 g/mol. The standard InChI is InChI=1S/C3H5ClO2S/c1-2-5-3(7)6-4/h2H2,1H3. The molecule has 0 atom stereocenters. The van der Waals surface area contributed by atoms with Gasteiger partial charge in [0.05, 0.1) is 6.61 Å². The number of rotatable bonds is 1. The zero-order valence-electron chi connectivity index (χ0n) is 3.81. The number of hydrogen-bond donors (Lipinski definition) is 0. The normalized spacial score (nSPS) is 7.71. The Hall–Kier alpha value is -0.0200. The molecule has 0 spiro atoms. The van der Waals surface area contributed by atoms with Crippen molar-refractivity contribution in [2.45, 2.75) is 6.92 Å². The third kappa shape index (κ3) is 3.82. The largest absolute Gasteiger partial charge is 0.456 e. The van der Waals surface area contributed by atoms with E-state index in [4.69, 9.17) is 11.9 Å². The summed E-state index contributed by atoms with van der Waals surface area (Å²) in [6, 6.07) is 0. The van der Waals surface area contributed by atoms with Gasteiger partial charge in [0.25, 0.3) is 0 Å². The molecule has 0 aromatic carbocycles. The van der Waals surface area contributed by atoms with Crippen molar-refractivity contribution < 1.29 is 9.03 Å². The van der Waals surface area contributed by atoms with E-state index in [-0.39, 0.29) is 5.24 Å². The first-order valence-electron chi connectivity index (χ1n) is 1.76. The van der Waals surface area contributed by atoms with Crippen LogP contribution in [0.5, 0.6) is 0 Å². The van der Waals surface area contributed by atoms with Crippen molar-refractivity contribution in [3.8, 4) is 0 Å². The van der Waals surface area contributed by atoms with Gasteiger partial charge in [0.2, 0.25) is 0 Å². The third-order valence-electron chi connectivity index (χ3n) is 0.325. The fraction of sp³-hybridized carbons (Fsp3) is 0.667. The van der Waals surface area contributed by atoms with E-state index in [9.17, 15) is 0 Å². The lowest BCUT2D eigenvalue weighted by atomic mass is 10.9. The minimum atomic E-state index is -0.0239. The highest BCUT2D eigenvalue weighted by molar-refractivity contribution is 7.79. The topological polar surface area (TPSA) is 18.5 Å². The molecule has 0 aromatic rings. The zero-order valence-corrected chi connectivity index (χ0v) is 5.38. The van der Waals surface area contributed by atoms with E-state index >= 15 is 0 Å². The second-order valence-electron chi connectivity index (χ2n) is 0.760. The van der Waals surface area contributed by atoms with Crippen molar-refractivity contribution >= 4 is 29.3 Å². The quantitative estimate of drug-likeness (QED) is 0.514. The van der Waals surface area contributed by atoms with Crippen LogP contribution >= 0.6 is 24.1 Å². The molecule has 0 bridgehead atoms. The van der Waals surface area contributed by atoms with Crippen LogP contribution in [0.1, 0.15) is 6.92 Å². The molecule has 0 aliphatic carbocycles. The molecule has 0 N–H and O–H groups in total. The van der Waals surface area contributed by atoms with Crippen LogP contribution in [-0.2, 0) is 9.03 Å². The van der Waals surface area contributed by atoms with E-state index in [0.717, 1.165) is 0 Å². The summed E-state index contributed by atoms with van der Waals surface area (Å²) in [5.74, 6) is 0. The van der Waals surface area contributed by atoms with Crippen molar-refractivity contribution in [1.82, 2.24) is 0 Å². The highest BCUT2D eigenvalue weighted by atomic mass is 35.5. The summed E-state index contributed by atoms with van der Waals surface area (Å²) in [6.45, 7) is 2.29. The Morgan fingerprint density at radius 3 is 2.57 bits per heavy atom. The van der Waals surface area contributed by atoms with E-state index in [1.165, 1.54) is 0 Å². The van der Waals surface area contributed by atoms with Crippen LogP contribution in [-0.4, -0.2) is 11.8 Å². The average Bonchev–Trinajstić information content (AvgIpc) is 1.68. The van der Waals surface area contributed by atoms with Crippen LogP contribution in [0, 0.1) is 0 Å². The van der Waals surface area contributed by atoms with Gasteiger partial charge in [-0.25, -0.2) is 0 Å². The summed E-state index contributed by atoms with van der Waals surface area (Å²) >= 11 is 9.14. The molecular formula is C3H5ClO2S. The van der Waals surface area contributed by atoms with Gasteiger partial charge in [0.15, 0.2) is 0 Å². The summed E-state index contributed by atoms with van der Waals surface area (Å²) in [4.78, 5) is 0. The Morgan fingerprint density at radius 2 is 2.43 bits per heavy atom. The maximum Gasteiger partial charge on any atom is 0.370 e. The van der Waals surface area contributed by atoms with E-state index in [1.807, 2.05) is 0 Å². The van der Waals surface area contributed by atoms with Crippen LogP contribution in [0.15, 0.2) is 0 Å². The Balaban J connectivity index is 3.00. The predicted octanol–water partition coefficient (Wildman–Crippen LogP) is 1.48. The molecule has 0 fully saturated rings. The molecule has 0 aliphatic heterocycles. The monoisotopic (exact) mass is 140 g/mol. The van der Waals surface area contributed by atoms with E-state index in [0.29, 0.717) is 6.61 Å². The zero-order chi connectivity index (χ0) is 5.70. The minimum Gasteiger partial charge on any atom is -0.456 e.